The summed E-state index contributed by atoms with van der Waals surface area (Å²) in [6, 6.07) is 45.6. The Morgan fingerprint density at radius 1 is 0.620 bits per heavy atom. The number of hydrogen-bond acceptors (Lipinski definition) is 4. The Kier molecular flexibility index (Phi) is 7.59. The SMILES string of the molecule is C/C=C\c1c(N(c2ccccc2)c2ccc3c(c2)oc2ccc(N(C4=CCCC=C4)c4ccccc4)cc23)cc2c(sc3ccccc32)c1C. The van der Waals surface area contributed by atoms with Crippen LogP contribution < -0.4 is 9.80 Å². The van der Waals surface area contributed by atoms with Crippen LogP contribution in [0.15, 0.2) is 162 Å². The molecule has 3 nitrogen and oxygen atoms in total. The molecular formula is C46H36N2OS. The molecule has 0 unspecified atom stereocenters. The van der Waals surface area contributed by atoms with E-state index < -0.39 is 0 Å². The molecule has 2 heterocycles. The van der Waals surface area contributed by atoms with E-state index in [-0.39, 0.29) is 0 Å². The molecule has 8 aromatic rings. The van der Waals surface area contributed by atoms with Gasteiger partial charge >= 0.3 is 0 Å². The number of allylic oxidation sites excluding steroid dienone is 4. The molecule has 0 bridgehead atoms. The number of thiophene rings is 1. The maximum absolute atomic E-state index is 6.63. The highest BCUT2D eigenvalue weighted by molar-refractivity contribution is 7.26. The first kappa shape index (κ1) is 30.2. The zero-order chi connectivity index (χ0) is 33.6. The van der Waals surface area contributed by atoms with Crippen LogP contribution >= 0.6 is 11.3 Å². The molecule has 0 amide bonds. The topological polar surface area (TPSA) is 19.6 Å². The van der Waals surface area contributed by atoms with E-state index in [4.69, 9.17) is 4.42 Å². The second-order valence-electron chi connectivity index (χ2n) is 12.8. The zero-order valence-electron chi connectivity index (χ0n) is 28.1. The van der Waals surface area contributed by atoms with Crippen molar-refractivity contribution < 1.29 is 4.42 Å². The van der Waals surface area contributed by atoms with Crippen LogP contribution in [0.4, 0.5) is 28.4 Å². The first-order valence-corrected chi connectivity index (χ1v) is 18.1. The van der Waals surface area contributed by atoms with E-state index in [1.807, 2.05) is 11.3 Å². The fourth-order valence-electron chi connectivity index (χ4n) is 7.40. The van der Waals surface area contributed by atoms with Crippen LogP contribution in [-0.2, 0) is 0 Å². The number of para-hydroxylation sites is 2. The summed E-state index contributed by atoms with van der Waals surface area (Å²) in [6.45, 7) is 4.36. The van der Waals surface area contributed by atoms with E-state index in [9.17, 15) is 0 Å². The van der Waals surface area contributed by atoms with Gasteiger partial charge in [0, 0.05) is 71.0 Å². The van der Waals surface area contributed by atoms with Gasteiger partial charge in [-0.1, -0.05) is 78.9 Å². The Bertz CT molecular complexity index is 2620. The molecule has 50 heavy (non-hydrogen) atoms. The Hall–Kier alpha value is -5.84. The van der Waals surface area contributed by atoms with Crippen molar-refractivity contribution in [3.05, 3.63) is 169 Å². The van der Waals surface area contributed by atoms with Gasteiger partial charge in [0.2, 0.25) is 0 Å². The van der Waals surface area contributed by atoms with E-state index >= 15 is 0 Å². The molecule has 2 aromatic heterocycles. The summed E-state index contributed by atoms with van der Waals surface area (Å²) in [5.41, 5.74) is 11.0. The molecule has 0 radical (unpaired) electrons. The molecular weight excluding hydrogens is 629 g/mol. The molecule has 242 valence electrons. The lowest BCUT2D eigenvalue weighted by Crippen LogP contribution is -2.16. The smallest absolute Gasteiger partial charge is 0.137 e. The zero-order valence-corrected chi connectivity index (χ0v) is 29.0. The molecule has 0 N–H and O–H groups in total. The van der Waals surface area contributed by atoms with Crippen molar-refractivity contribution in [1.82, 2.24) is 0 Å². The second kappa shape index (κ2) is 12.6. The Balaban J connectivity index is 1.22. The average molecular weight is 665 g/mol. The van der Waals surface area contributed by atoms with Crippen molar-refractivity contribution in [2.45, 2.75) is 26.7 Å². The molecule has 0 spiro atoms. The van der Waals surface area contributed by atoms with Gasteiger partial charge < -0.3 is 14.2 Å². The molecule has 9 rings (SSSR count). The highest BCUT2D eigenvalue weighted by atomic mass is 32.1. The van der Waals surface area contributed by atoms with Crippen LogP contribution in [0.25, 0.3) is 48.2 Å². The first-order chi connectivity index (χ1) is 24.7. The standard InChI is InChI=1S/C46H36N2OS/c1-3-15-37-31(2)46-41(39-22-13-14-23-45(39)50-46)30-42(37)48(34-20-11-6-12-21-34)36-24-26-38-40-28-35(25-27-43(40)49-44(38)29-36)47(32-16-7-4-8-17-32)33-18-9-5-10-19-33/h3-4,6-9,11-30H,5,10H2,1-2H3/b15-3-. The van der Waals surface area contributed by atoms with E-state index in [2.05, 4.69) is 181 Å². The molecule has 0 saturated heterocycles. The predicted molar refractivity (Wildman–Crippen MR) is 216 cm³/mol. The second-order valence-corrected chi connectivity index (χ2v) is 13.9. The van der Waals surface area contributed by atoms with Crippen LogP contribution in [-0.4, -0.2) is 0 Å². The third kappa shape index (κ3) is 5.12. The van der Waals surface area contributed by atoms with Crippen LogP contribution in [0.3, 0.4) is 0 Å². The largest absolute Gasteiger partial charge is 0.456 e. The third-order valence-corrected chi connectivity index (χ3v) is 11.0. The van der Waals surface area contributed by atoms with Gasteiger partial charge in [-0.2, -0.15) is 0 Å². The molecule has 1 aliphatic rings. The van der Waals surface area contributed by atoms with Gasteiger partial charge in [0.15, 0.2) is 0 Å². The predicted octanol–water partition coefficient (Wildman–Crippen LogP) is 14.1. The minimum absolute atomic E-state index is 0.866. The molecule has 0 saturated carbocycles. The van der Waals surface area contributed by atoms with Gasteiger partial charge in [-0.25, -0.2) is 0 Å². The molecule has 0 aliphatic heterocycles. The Morgan fingerprint density at radius 2 is 1.34 bits per heavy atom. The van der Waals surface area contributed by atoms with Crippen LogP contribution in [0.2, 0.25) is 0 Å². The number of furan rings is 1. The summed E-state index contributed by atoms with van der Waals surface area (Å²) in [7, 11) is 0. The average Bonchev–Trinajstić information content (AvgIpc) is 3.73. The summed E-state index contributed by atoms with van der Waals surface area (Å²) < 4.78 is 9.28. The normalized spacial score (nSPS) is 13.2. The van der Waals surface area contributed by atoms with Crippen molar-refractivity contribution in [3.63, 3.8) is 0 Å². The van der Waals surface area contributed by atoms with Gasteiger partial charge in [0.05, 0.1) is 5.69 Å². The molecule has 0 fully saturated rings. The molecule has 1 aliphatic carbocycles. The van der Waals surface area contributed by atoms with Gasteiger partial charge in [0.1, 0.15) is 11.2 Å². The molecule has 6 aromatic carbocycles. The number of benzene rings is 6. The van der Waals surface area contributed by atoms with Crippen molar-refractivity contribution >= 4 is 88.0 Å². The van der Waals surface area contributed by atoms with E-state index in [1.165, 1.54) is 37.0 Å². The quantitative estimate of drug-likeness (QED) is 0.169. The van der Waals surface area contributed by atoms with E-state index in [1.54, 1.807) is 0 Å². The minimum atomic E-state index is 0.866. The van der Waals surface area contributed by atoms with E-state index in [0.29, 0.717) is 0 Å². The van der Waals surface area contributed by atoms with Crippen molar-refractivity contribution in [2.75, 3.05) is 9.80 Å². The van der Waals surface area contributed by atoms with Gasteiger partial charge in [-0.15, -0.1) is 11.3 Å². The van der Waals surface area contributed by atoms with Crippen molar-refractivity contribution in [2.24, 2.45) is 0 Å². The number of anilines is 5. The lowest BCUT2D eigenvalue weighted by molar-refractivity contribution is 0.669. The van der Waals surface area contributed by atoms with E-state index in [0.717, 1.165) is 63.2 Å². The highest BCUT2D eigenvalue weighted by Gasteiger charge is 2.22. The fourth-order valence-corrected chi connectivity index (χ4v) is 8.60. The number of aryl methyl sites for hydroxylation is 1. The van der Waals surface area contributed by atoms with Gasteiger partial charge in [0.25, 0.3) is 0 Å². The number of hydrogen-bond donors (Lipinski definition) is 0. The summed E-state index contributed by atoms with van der Waals surface area (Å²) in [6.07, 6.45) is 13.3. The first-order valence-electron chi connectivity index (χ1n) is 17.3. The lowest BCUT2D eigenvalue weighted by Gasteiger charge is -2.28. The number of nitrogens with zero attached hydrogens (tertiary/aromatic N) is 2. The summed E-state index contributed by atoms with van der Waals surface area (Å²) in [5.74, 6) is 0. The van der Waals surface area contributed by atoms with Crippen LogP contribution in [0.5, 0.6) is 0 Å². The maximum Gasteiger partial charge on any atom is 0.137 e. The third-order valence-electron chi connectivity index (χ3n) is 9.73. The number of rotatable bonds is 7. The van der Waals surface area contributed by atoms with Gasteiger partial charge in [-0.3, -0.25) is 0 Å². The fraction of sp³-hybridized carbons (Fsp3) is 0.0870. The van der Waals surface area contributed by atoms with Crippen LogP contribution in [0, 0.1) is 6.92 Å². The van der Waals surface area contributed by atoms with Crippen molar-refractivity contribution in [1.29, 1.82) is 0 Å². The minimum Gasteiger partial charge on any atom is -0.456 e. The van der Waals surface area contributed by atoms with Crippen molar-refractivity contribution in [3.8, 4) is 0 Å². The highest BCUT2D eigenvalue weighted by Crippen LogP contribution is 2.46. The Labute approximate surface area is 296 Å². The number of fused-ring (bicyclic) bond motifs is 6. The monoisotopic (exact) mass is 664 g/mol. The molecule has 4 heteroatoms. The lowest BCUT2D eigenvalue weighted by atomic mass is 9.99. The summed E-state index contributed by atoms with van der Waals surface area (Å²) in [4.78, 5) is 4.72. The van der Waals surface area contributed by atoms with Gasteiger partial charge in [-0.05, 0) is 105 Å². The maximum atomic E-state index is 6.63. The molecule has 0 atom stereocenters. The Morgan fingerprint density at radius 3 is 2.10 bits per heavy atom. The summed E-state index contributed by atoms with van der Waals surface area (Å²) in [5, 5.41) is 4.79. The van der Waals surface area contributed by atoms with Crippen LogP contribution in [0.1, 0.15) is 30.9 Å². The summed E-state index contributed by atoms with van der Waals surface area (Å²) >= 11 is 1.88.